The molecule has 2 aromatic rings. The summed E-state index contributed by atoms with van der Waals surface area (Å²) in [5.74, 6) is 3.31. The Balaban J connectivity index is 1.81. The minimum absolute atomic E-state index is 0.480. The van der Waals surface area contributed by atoms with E-state index in [0.717, 1.165) is 42.4 Å². The van der Waals surface area contributed by atoms with Gasteiger partial charge in [0.25, 0.3) is 0 Å². The van der Waals surface area contributed by atoms with Crippen molar-refractivity contribution in [3.8, 4) is 17.2 Å². The normalized spacial score (nSPS) is 17.9. The lowest BCUT2D eigenvalue weighted by Crippen LogP contribution is -2.34. The summed E-state index contributed by atoms with van der Waals surface area (Å²) < 4.78 is 16.6. The van der Waals surface area contributed by atoms with Crippen molar-refractivity contribution in [1.29, 1.82) is 0 Å². The average Bonchev–Trinajstić information content (AvgIpc) is 3.18. The third-order valence-electron chi connectivity index (χ3n) is 5.43. The summed E-state index contributed by atoms with van der Waals surface area (Å²) in [4.78, 5) is 2.48. The molecule has 1 aromatic carbocycles. The van der Waals surface area contributed by atoms with Gasteiger partial charge in [-0.1, -0.05) is 13.8 Å². The topological polar surface area (TPSA) is 59.6 Å². The highest BCUT2D eigenvalue weighted by Gasteiger charge is 2.27. The number of hydrogen-bond donors (Lipinski definition) is 1. The first-order chi connectivity index (χ1) is 13.1. The van der Waals surface area contributed by atoms with Gasteiger partial charge in [-0.05, 0) is 30.9 Å². The number of hydrogen-bond acceptors (Lipinski definition) is 5. The van der Waals surface area contributed by atoms with E-state index in [1.165, 1.54) is 24.1 Å². The molecule has 1 aliphatic rings. The van der Waals surface area contributed by atoms with Gasteiger partial charge in [-0.15, -0.1) is 0 Å². The number of piperidine rings is 1. The number of nitrogens with zero attached hydrogens (tertiary/aromatic N) is 2. The van der Waals surface area contributed by atoms with Crippen LogP contribution in [0.4, 0.5) is 0 Å². The van der Waals surface area contributed by atoms with Gasteiger partial charge < -0.3 is 14.2 Å². The minimum atomic E-state index is 0.480. The number of benzene rings is 1. The predicted octanol–water partition coefficient (Wildman–Crippen LogP) is 3.94. The molecule has 0 aliphatic carbocycles. The van der Waals surface area contributed by atoms with Gasteiger partial charge in [-0.25, -0.2) is 0 Å². The fourth-order valence-corrected chi connectivity index (χ4v) is 3.98. The average molecular weight is 373 g/mol. The Morgan fingerprint density at radius 2 is 1.85 bits per heavy atom. The summed E-state index contributed by atoms with van der Waals surface area (Å²) in [6.45, 7) is 7.31. The molecule has 1 aromatic heterocycles. The third-order valence-corrected chi connectivity index (χ3v) is 5.43. The van der Waals surface area contributed by atoms with Crippen LogP contribution in [0.1, 0.15) is 55.3 Å². The van der Waals surface area contributed by atoms with E-state index in [1.54, 1.807) is 21.3 Å². The predicted molar refractivity (Wildman–Crippen MR) is 106 cm³/mol. The molecule has 0 saturated carbocycles. The Morgan fingerprint density at radius 3 is 2.44 bits per heavy atom. The molecule has 6 nitrogen and oxygen atoms in total. The lowest BCUT2D eigenvalue weighted by molar-refractivity contribution is 0.193. The molecular formula is C21H31N3O3. The van der Waals surface area contributed by atoms with Crippen LogP contribution in [0.15, 0.2) is 18.3 Å². The van der Waals surface area contributed by atoms with Crippen LogP contribution < -0.4 is 14.2 Å². The summed E-state index contributed by atoms with van der Waals surface area (Å²) in [6, 6.07) is 3.84. The Morgan fingerprint density at radius 1 is 1.15 bits per heavy atom. The summed E-state index contributed by atoms with van der Waals surface area (Å²) in [6.07, 6.45) is 4.34. The second-order valence-electron chi connectivity index (χ2n) is 7.48. The van der Waals surface area contributed by atoms with Crippen molar-refractivity contribution < 1.29 is 14.2 Å². The van der Waals surface area contributed by atoms with Crippen molar-refractivity contribution in [1.82, 2.24) is 15.1 Å². The van der Waals surface area contributed by atoms with E-state index in [4.69, 9.17) is 14.2 Å². The summed E-state index contributed by atoms with van der Waals surface area (Å²) in [5.41, 5.74) is 3.69. The second kappa shape index (κ2) is 8.65. The molecule has 1 fully saturated rings. The lowest BCUT2D eigenvalue weighted by Gasteiger charge is -2.33. The van der Waals surface area contributed by atoms with Crippen LogP contribution in [0.25, 0.3) is 0 Å². The third kappa shape index (κ3) is 4.21. The lowest BCUT2D eigenvalue weighted by atomic mass is 9.89. The van der Waals surface area contributed by atoms with Crippen LogP contribution in [0.3, 0.4) is 0 Å². The quantitative estimate of drug-likeness (QED) is 0.797. The van der Waals surface area contributed by atoms with Crippen molar-refractivity contribution in [2.24, 2.45) is 0 Å². The van der Waals surface area contributed by atoms with Crippen molar-refractivity contribution in [2.45, 2.75) is 45.1 Å². The number of nitrogens with one attached hydrogen (secondary N) is 1. The van der Waals surface area contributed by atoms with Crippen molar-refractivity contribution >= 4 is 0 Å². The number of aromatic amines is 1. The van der Waals surface area contributed by atoms with Gasteiger partial charge in [0.15, 0.2) is 0 Å². The number of aromatic nitrogens is 2. The molecule has 1 saturated heterocycles. The van der Waals surface area contributed by atoms with E-state index < -0.39 is 0 Å². The fourth-order valence-electron chi connectivity index (χ4n) is 3.98. The van der Waals surface area contributed by atoms with E-state index in [2.05, 4.69) is 28.9 Å². The molecule has 2 heterocycles. The maximum atomic E-state index is 5.62. The molecule has 1 N–H and O–H groups in total. The molecule has 0 radical (unpaired) electrons. The standard InChI is InChI=1S/C21H31N3O3/c1-14(2)17-11-22-23-21(17)15-7-6-8-24(12-15)13-18-19(26-4)9-16(25-3)10-20(18)27-5/h9-11,14-15H,6-8,12-13H2,1-5H3,(H,22,23)/t15-/m0/s1. The Hall–Kier alpha value is -2.21. The molecule has 6 heteroatoms. The maximum Gasteiger partial charge on any atom is 0.130 e. The monoisotopic (exact) mass is 373 g/mol. The fraction of sp³-hybridized carbons (Fsp3) is 0.571. The van der Waals surface area contributed by atoms with Gasteiger partial charge in [0, 0.05) is 36.8 Å². The molecule has 0 spiro atoms. The molecule has 0 bridgehead atoms. The van der Waals surface area contributed by atoms with Crippen molar-refractivity contribution in [3.05, 3.63) is 35.2 Å². The molecule has 0 unspecified atom stereocenters. The Kier molecular flexibility index (Phi) is 6.26. The number of rotatable bonds is 7. The zero-order valence-electron chi connectivity index (χ0n) is 17.0. The number of likely N-dealkylation sites (tertiary alicyclic amines) is 1. The van der Waals surface area contributed by atoms with Crippen LogP contribution in [0.2, 0.25) is 0 Å². The molecule has 0 amide bonds. The summed E-state index contributed by atoms with van der Waals surface area (Å²) >= 11 is 0. The minimum Gasteiger partial charge on any atom is -0.496 e. The van der Waals surface area contributed by atoms with Crippen molar-refractivity contribution in [3.63, 3.8) is 0 Å². The zero-order chi connectivity index (χ0) is 19.4. The smallest absolute Gasteiger partial charge is 0.130 e. The first-order valence-electron chi connectivity index (χ1n) is 9.61. The number of methoxy groups -OCH3 is 3. The van der Waals surface area contributed by atoms with E-state index in [1.807, 2.05) is 18.3 Å². The molecule has 1 atom stereocenters. The highest BCUT2D eigenvalue weighted by molar-refractivity contribution is 5.50. The van der Waals surface area contributed by atoms with Crippen LogP contribution in [0.5, 0.6) is 17.2 Å². The molecule has 1 aliphatic heterocycles. The highest BCUT2D eigenvalue weighted by Crippen LogP contribution is 2.37. The van der Waals surface area contributed by atoms with E-state index in [-0.39, 0.29) is 0 Å². The van der Waals surface area contributed by atoms with Crippen LogP contribution in [-0.2, 0) is 6.54 Å². The number of H-pyrrole nitrogens is 1. The van der Waals surface area contributed by atoms with Gasteiger partial charge in [-0.2, -0.15) is 5.10 Å². The maximum absolute atomic E-state index is 5.62. The highest BCUT2D eigenvalue weighted by atomic mass is 16.5. The van der Waals surface area contributed by atoms with E-state index in [9.17, 15) is 0 Å². The first-order valence-corrected chi connectivity index (χ1v) is 9.61. The Bertz CT molecular complexity index is 732. The molecule has 27 heavy (non-hydrogen) atoms. The number of ether oxygens (including phenoxy) is 3. The SMILES string of the molecule is COc1cc(OC)c(CN2CCC[C@H](c3[nH]ncc3C(C)C)C2)c(OC)c1. The van der Waals surface area contributed by atoms with Gasteiger partial charge in [0.1, 0.15) is 17.2 Å². The van der Waals surface area contributed by atoms with Gasteiger partial charge in [-0.3, -0.25) is 10.00 Å². The second-order valence-corrected chi connectivity index (χ2v) is 7.48. The van der Waals surface area contributed by atoms with Gasteiger partial charge >= 0.3 is 0 Å². The van der Waals surface area contributed by atoms with Gasteiger partial charge in [0.05, 0.1) is 33.1 Å². The molecule has 148 valence electrons. The summed E-state index contributed by atoms with van der Waals surface area (Å²) in [5, 5.41) is 7.56. The zero-order valence-corrected chi connectivity index (χ0v) is 17.0. The largest absolute Gasteiger partial charge is 0.496 e. The Labute approximate surface area is 161 Å². The molecular weight excluding hydrogens is 342 g/mol. The van der Waals surface area contributed by atoms with Gasteiger partial charge in [0.2, 0.25) is 0 Å². The van der Waals surface area contributed by atoms with E-state index in [0.29, 0.717) is 11.8 Å². The van der Waals surface area contributed by atoms with Crippen LogP contribution in [0, 0.1) is 0 Å². The summed E-state index contributed by atoms with van der Waals surface area (Å²) in [7, 11) is 5.03. The van der Waals surface area contributed by atoms with Crippen LogP contribution >= 0.6 is 0 Å². The van der Waals surface area contributed by atoms with Crippen molar-refractivity contribution in [2.75, 3.05) is 34.4 Å². The van der Waals surface area contributed by atoms with E-state index >= 15 is 0 Å². The first kappa shape index (κ1) is 19.5. The van der Waals surface area contributed by atoms with Crippen LogP contribution in [-0.4, -0.2) is 49.5 Å². The molecule has 3 rings (SSSR count).